The lowest BCUT2D eigenvalue weighted by Gasteiger charge is -2.14. The number of hydrazine groups is 1. The summed E-state index contributed by atoms with van der Waals surface area (Å²) in [6.07, 6.45) is 1.53. The van der Waals surface area contributed by atoms with Gasteiger partial charge in [-0.15, -0.1) is 5.10 Å². The van der Waals surface area contributed by atoms with E-state index in [-0.39, 0.29) is 17.8 Å². The van der Waals surface area contributed by atoms with Crippen LogP contribution in [0.2, 0.25) is 0 Å². The lowest BCUT2D eigenvalue weighted by Crippen LogP contribution is -2.41. The first-order chi connectivity index (χ1) is 13.5. The first-order valence-corrected chi connectivity index (χ1v) is 8.06. The van der Waals surface area contributed by atoms with Gasteiger partial charge in [-0.2, -0.15) is 5.26 Å². The predicted molar refractivity (Wildman–Crippen MR) is 89.9 cm³/mol. The molecule has 1 aliphatic heterocycles. The molecule has 12 heteroatoms. The summed E-state index contributed by atoms with van der Waals surface area (Å²) in [6, 6.07) is 5.18. The fourth-order valence-corrected chi connectivity index (χ4v) is 2.53. The summed E-state index contributed by atoms with van der Waals surface area (Å²) in [5, 5.41) is 15.8. The van der Waals surface area contributed by atoms with E-state index in [1.807, 2.05) is 10.9 Å². The molecule has 0 aliphatic carbocycles. The van der Waals surface area contributed by atoms with E-state index < -0.39 is 36.2 Å². The Morgan fingerprint density at radius 2 is 2.21 bits per heavy atom. The Balaban J connectivity index is 1.65. The summed E-state index contributed by atoms with van der Waals surface area (Å²) >= 11 is 0. The highest BCUT2D eigenvalue weighted by atomic mass is 19.1. The molecule has 0 saturated carbocycles. The van der Waals surface area contributed by atoms with E-state index in [0.717, 1.165) is 6.07 Å². The van der Waals surface area contributed by atoms with E-state index in [1.54, 1.807) is 12.3 Å². The third kappa shape index (κ3) is 4.21. The van der Waals surface area contributed by atoms with Gasteiger partial charge < -0.3 is 4.74 Å². The number of anilines is 1. The van der Waals surface area contributed by atoms with Gasteiger partial charge in [0.15, 0.2) is 0 Å². The minimum Gasteiger partial charge on any atom is -0.442 e. The predicted octanol–water partition coefficient (Wildman–Crippen LogP) is 0.117. The number of hydrogen-bond donors (Lipinski definition) is 2. The topological polar surface area (TPSA) is 142 Å². The molecule has 0 radical (unpaired) electrons. The molecule has 1 fully saturated rings. The average molecular weight is 387 g/mol. The second kappa shape index (κ2) is 8.12. The first kappa shape index (κ1) is 18.8. The van der Waals surface area contributed by atoms with Gasteiger partial charge >= 0.3 is 6.09 Å². The molecular weight excluding hydrogens is 373 g/mol. The minimum absolute atomic E-state index is 0.174. The number of nitriles is 1. The lowest BCUT2D eigenvalue weighted by atomic mass is 10.1. The highest BCUT2D eigenvalue weighted by Crippen LogP contribution is 2.24. The average Bonchev–Trinajstić information content (AvgIpc) is 3.29. The van der Waals surface area contributed by atoms with Crippen LogP contribution < -0.4 is 15.8 Å². The lowest BCUT2D eigenvalue weighted by molar-refractivity contribution is -0.120. The summed E-state index contributed by atoms with van der Waals surface area (Å²) in [6.45, 7) is 0.474. The summed E-state index contributed by atoms with van der Waals surface area (Å²) in [7, 11) is 0. The van der Waals surface area contributed by atoms with Crippen molar-refractivity contribution in [2.75, 3.05) is 11.4 Å². The molecule has 0 unspecified atom stereocenters. The van der Waals surface area contributed by atoms with Crippen LogP contribution in [0.15, 0.2) is 30.6 Å². The van der Waals surface area contributed by atoms with E-state index in [1.165, 1.54) is 27.9 Å². The first-order valence-electron chi connectivity index (χ1n) is 8.06. The van der Waals surface area contributed by atoms with Gasteiger partial charge in [-0.3, -0.25) is 25.3 Å². The Kier molecular flexibility index (Phi) is 5.45. The largest absolute Gasteiger partial charge is 0.442 e. The van der Waals surface area contributed by atoms with Crippen molar-refractivity contribution in [1.29, 1.82) is 5.26 Å². The third-order valence-corrected chi connectivity index (χ3v) is 3.80. The Bertz CT molecular complexity index is 941. The van der Waals surface area contributed by atoms with E-state index in [2.05, 4.69) is 10.3 Å². The van der Waals surface area contributed by atoms with Gasteiger partial charge in [0.2, 0.25) is 0 Å². The number of nitrogens with zero attached hydrogens (tertiary/aromatic N) is 5. The van der Waals surface area contributed by atoms with Crippen molar-refractivity contribution in [3.63, 3.8) is 0 Å². The highest BCUT2D eigenvalue weighted by molar-refractivity contribution is 5.97. The molecule has 3 amide bonds. The Morgan fingerprint density at radius 3 is 2.89 bits per heavy atom. The maximum absolute atomic E-state index is 14.3. The molecule has 11 nitrogen and oxygen atoms in total. The fourth-order valence-electron chi connectivity index (χ4n) is 2.53. The van der Waals surface area contributed by atoms with Gasteiger partial charge in [-0.1, -0.05) is 5.21 Å². The second-order valence-electron chi connectivity index (χ2n) is 5.74. The summed E-state index contributed by atoms with van der Waals surface area (Å²) in [5.41, 5.74) is 3.87. The minimum atomic E-state index is -0.900. The summed E-state index contributed by atoms with van der Waals surface area (Å²) in [5.74, 6) is -2.52. The molecule has 3 rings (SSSR count). The van der Waals surface area contributed by atoms with Crippen LogP contribution in [0.4, 0.5) is 14.9 Å². The zero-order valence-corrected chi connectivity index (χ0v) is 14.3. The van der Waals surface area contributed by atoms with Gasteiger partial charge in [0.05, 0.1) is 36.6 Å². The molecular formula is C16H14FN7O4. The molecule has 0 spiro atoms. The van der Waals surface area contributed by atoms with Crippen LogP contribution in [0.1, 0.15) is 16.8 Å². The number of benzene rings is 1. The molecule has 2 aromatic rings. The van der Waals surface area contributed by atoms with E-state index in [4.69, 9.17) is 10.00 Å². The number of carbonyl (C=O) groups is 3. The maximum Gasteiger partial charge on any atom is 0.414 e. The fraction of sp³-hybridized carbons (Fsp3) is 0.250. The number of aromatic nitrogens is 3. The number of halogens is 1. The quantitative estimate of drug-likeness (QED) is 0.694. The molecule has 1 atom stereocenters. The van der Waals surface area contributed by atoms with E-state index in [0.29, 0.717) is 6.54 Å². The molecule has 1 aromatic heterocycles. The Morgan fingerprint density at radius 1 is 1.39 bits per heavy atom. The standard InChI is InChI=1S/C16H14FN7O4/c17-13-7-10(1-2-12(13)15(26)21-20-14(25)3-4-18)24-9-11(28-16(24)27)8-23-6-5-19-22-23/h1-2,5-7,11H,3,8-9H2,(H,20,25)(H,21,26)/t11-/m0/s1. The molecule has 28 heavy (non-hydrogen) atoms. The molecule has 2 heterocycles. The molecule has 144 valence electrons. The number of amides is 3. The molecule has 0 bridgehead atoms. The summed E-state index contributed by atoms with van der Waals surface area (Å²) in [4.78, 5) is 36.4. The molecule has 1 aromatic carbocycles. The number of ether oxygens (including phenoxy) is 1. The zero-order valence-electron chi connectivity index (χ0n) is 14.3. The van der Waals surface area contributed by atoms with Crippen molar-refractivity contribution in [3.05, 3.63) is 42.0 Å². The van der Waals surface area contributed by atoms with Crippen molar-refractivity contribution in [2.45, 2.75) is 19.1 Å². The number of carbonyl (C=O) groups excluding carboxylic acids is 3. The van der Waals surface area contributed by atoms with Crippen molar-refractivity contribution in [1.82, 2.24) is 25.8 Å². The summed E-state index contributed by atoms with van der Waals surface area (Å²) < 4.78 is 21.1. The van der Waals surface area contributed by atoms with Gasteiger partial charge in [-0.05, 0) is 18.2 Å². The van der Waals surface area contributed by atoms with Crippen LogP contribution in [-0.4, -0.2) is 45.6 Å². The third-order valence-electron chi connectivity index (χ3n) is 3.80. The van der Waals surface area contributed by atoms with Crippen LogP contribution >= 0.6 is 0 Å². The zero-order chi connectivity index (χ0) is 20.1. The molecule has 1 saturated heterocycles. The van der Waals surface area contributed by atoms with E-state index >= 15 is 0 Å². The molecule has 2 N–H and O–H groups in total. The molecule has 1 aliphatic rings. The van der Waals surface area contributed by atoms with Crippen LogP contribution in [0, 0.1) is 17.1 Å². The van der Waals surface area contributed by atoms with Gasteiger partial charge in [0.1, 0.15) is 18.3 Å². The van der Waals surface area contributed by atoms with Crippen LogP contribution in [-0.2, 0) is 16.1 Å². The van der Waals surface area contributed by atoms with Crippen molar-refractivity contribution in [2.24, 2.45) is 0 Å². The highest BCUT2D eigenvalue weighted by Gasteiger charge is 2.33. The van der Waals surface area contributed by atoms with Crippen molar-refractivity contribution in [3.8, 4) is 6.07 Å². The normalized spacial score (nSPS) is 15.6. The Hall–Kier alpha value is -4.01. The number of hydrogen-bond acceptors (Lipinski definition) is 7. The second-order valence-corrected chi connectivity index (χ2v) is 5.74. The van der Waals surface area contributed by atoms with Crippen molar-refractivity contribution >= 4 is 23.6 Å². The van der Waals surface area contributed by atoms with Crippen LogP contribution in [0.5, 0.6) is 0 Å². The monoisotopic (exact) mass is 387 g/mol. The number of cyclic esters (lactones) is 1. The van der Waals surface area contributed by atoms with E-state index in [9.17, 15) is 18.8 Å². The maximum atomic E-state index is 14.3. The van der Waals surface area contributed by atoms with Gasteiger partial charge in [0, 0.05) is 6.20 Å². The SMILES string of the molecule is N#CCC(=O)NNC(=O)c1ccc(N2C[C@H](Cn3ccnn3)OC2=O)cc1F. The van der Waals surface area contributed by atoms with Gasteiger partial charge in [-0.25, -0.2) is 13.9 Å². The smallest absolute Gasteiger partial charge is 0.414 e. The number of rotatable bonds is 5. The number of nitrogens with one attached hydrogen (secondary N) is 2. The van der Waals surface area contributed by atoms with Crippen LogP contribution in [0.3, 0.4) is 0 Å². The van der Waals surface area contributed by atoms with Crippen molar-refractivity contribution < 1.29 is 23.5 Å². The van der Waals surface area contributed by atoms with Gasteiger partial charge in [0.25, 0.3) is 11.8 Å². The Labute approximate surface area is 157 Å². The van der Waals surface area contributed by atoms with Crippen LogP contribution in [0.25, 0.3) is 0 Å².